The normalized spacial score (nSPS) is 16.8. The van der Waals surface area contributed by atoms with Gasteiger partial charge in [-0.3, -0.25) is 4.79 Å². The third-order valence-electron chi connectivity index (χ3n) is 4.53. The number of aromatic nitrogens is 3. The van der Waals surface area contributed by atoms with Crippen molar-refractivity contribution in [3.05, 3.63) is 11.9 Å². The van der Waals surface area contributed by atoms with E-state index in [9.17, 15) is 4.79 Å². The summed E-state index contributed by atoms with van der Waals surface area (Å²) in [5, 5.41) is 11.9. The molecule has 1 N–H and O–H groups in total. The molecule has 0 aromatic carbocycles. The Morgan fingerprint density at radius 3 is 2.58 bits per heavy atom. The topological polar surface area (TPSA) is 63.1 Å². The third kappa shape index (κ3) is 5.89. The van der Waals surface area contributed by atoms with Crippen molar-refractivity contribution in [2.24, 2.45) is 5.41 Å². The van der Waals surface area contributed by atoms with Gasteiger partial charge in [0.15, 0.2) is 0 Å². The number of amides is 1. The van der Waals surface area contributed by atoms with E-state index in [1.807, 2.05) is 15.8 Å². The summed E-state index contributed by atoms with van der Waals surface area (Å²) >= 11 is 0. The van der Waals surface area contributed by atoms with Gasteiger partial charge in [-0.05, 0) is 24.7 Å². The van der Waals surface area contributed by atoms with Crippen molar-refractivity contribution in [2.45, 2.75) is 78.9 Å². The number of nitrogens with one attached hydrogen (secondary N) is 1. The van der Waals surface area contributed by atoms with Crippen LogP contribution in [0.25, 0.3) is 0 Å². The molecule has 0 atom stereocenters. The Kier molecular flexibility index (Phi) is 6.38. The van der Waals surface area contributed by atoms with Gasteiger partial charge in [0, 0.05) is 32.1 Å². The first-order valence-corrected chi connectivity index (χ1v) is 9.16. The maximum Gasteiger partial charge on any atom is 0.222 e. The molecule has 0 bridgehead atoms. The summed E-state index contributed by atoms with van der Waals surface area (Å²) in [7, 11) is 0. The summed E-state index contributed by atoms with van der Waals surface area (Å²) in [6.45, 7) is 13.2. The zero-order valence-electron chi connectivity index (χ0n) is 15.9. The zero-order chi connectivity index (χ0) is 17.7. The molecule has 2 rings (SSSR count). The SMILES string of the molecule is CC(C)NCc1cn(C2CCN(C(=O)CCC(C)(C)C)CC2)nn1. The van der Waals surface area contributed by atoms with Crippen LogP contribution in [0.15, 0.2) is 6.20 Å². The molecule has 0 spiro atoms. The van der Waals surface area contributed by atoms with Gasteiger partial charge in [0.25, 0.3) is 0 Å². The van der Waals surface area contributed by atoms with E-state index in [2.05, 4.69) is 50.2 Å². The van der Waals surface area contributed by atoms with Crippen molar-refractivity contribution in [3.63, 3.8) is 0 Å². The van der Waals surface area contributed by atoms with Crippen molar-refractivity contribution in [3.8, 4) is 0 Å². The molecule has 1 aliphatic heterocycles. The van der Waals surface area contributed by atoms with Crippen LogP contribution in [-0.4, -0.2) is 44.9 Å². The van der Waals surface area contributed by atoms with Crippen LogP contribution in [0.2, 0.25) is 0 Å². The number of hydrogen-bond acceptors (Lipinski definition) is 4. The molecule has 1 fully saturated rings. The van der Waals surface area contributed by atoms with Crippen LogP contribution in [0, 0.1) is 5.41 Å². The number of rotatable bonds is 6. The van der Waals surface area contributed by atoms with Crippen molar-refractivity contribution in [2.75, 3.05) is 13.1 Å². The molecule has 2 heterocycles. The smallest absolute Gasteiger partial charge is 0.222 e. The van der Waals surface area contributed by atoms with Crippen LogP contribution in [0.3, 0.4) is 0 Å². The van der Waals surface area contributed by atoms with E-state index < -0.39 is 0 Å². The van der Waals surface area contributed by atoms with Crippen LogP contribution in [0.5, 0.6) is 0 Å². The molecule has 1 aromatic rings. The van der Waals surface area contributed by atoms with Crippen LogP contribution in [-0.2, 0) is 11.3 Å². The third-order valence-corrected chi connectivity index (χ3v) is 4.53. The lowest BCUT2D eigenvalue weighted by Crippen LogP contribution is -2.39. The van der Waals surface area contributed by atoms with Crippen LogP contribution >= 0.6 is 0 Å². The highest BCUT2D eigenvalue weighted by atomic mass is 16.2. The minimum absolute atomic E-state index is 0.217. The largest absolute Gasteiger partial charge is 0.343 e. The van der Waals surface area contributed by atoms with Gasteiger partial charge >= 0.3 is 0 Å². The molecule has 6 nitrogen and oxygen atoms in total. The molecule has 0 radical (unpaired) electrons. The van der Waals surface area contributed by atoms with E-state index in [0.29, 0.717) is 24.4 Å². The summed E-state index contributed by atoms with van der Waals surface area (Å²) in [6, 6.07) is 0.800. The van der Waals surface area contributed by atoms with E-state index in [1.54, 1.807) is 0 Å². The highest BCUT2D eigenvalue weighted by Gasteiger charge is 2.25. The number of hydrogen-bond donors (Lipinski definition) is 1. The molecule has 6 heteroatoms. The zero-order valence-corrected chi connectivity index (χ0v) is 15.9. The highest BCUT2D eigenvalue weighted by molar-refractivity contribution is 5.76. The number of carbonyl (C=O) groups is 1. The summed E-state index contributed by atoms with van der Waals surface area (Å²) in [6.07, 6.45) is 5.56. The van der Waals surface area contributed by atoms with E-state index in [0.717, 1.165) is 44.6 Å². The molecule has 136 valence electrons. The molecular weight excluding hydrogens is 302 g/mol. The summed E-state index contributed by atoms with van der Waals surface area (Å²) in [5.74, 6) is 0.295. The Balaban J connectivity index is 1.79. The van der Waals surface area contributed by atoms with Crippen molar-refractivity contribution in [1.82, 2.24) is 25.2 Å². The van der Waals surface area contributed by atoms with E-state index >= 15 is 0 Å². The number of carbonyl (C=O) groups excluding carboxylic acids is 1. The fraction of sp³-hybridized carbons (Fsp3) is 0.833. The summed E-state index contributed by atoms with van der Waals surface area (Å²) < 4.78 is 1.98. The van der Waals surface area contributed by atoms with Gasteiger partial charge in [0.1, 0.15) is 0 Å². The van der Waals surface area contributed by atoms with Gasteiger partial charge in [0.05, 0.1) is 17.9 Å². The van der Waals surface area contributed by atoms with Gasteiger partial charge in [0.2, 0.25) is 5.91 Å². The number of likely N-dealkylation sites (tertiary alicyclic amines) is 1. The maximum absolute atomic E-state index is 12.3. The van der Waals surface area contributed by atoms with Crippen LogP contribution < -0.4 is 5.32 Å². The van der Waals surface area contributed by atoms with E-state index in [-0.39, 0.29) is 5.41 Å². The predicted molar refractivity (Wildman–Crippen MR) is 95.5 cm³/mol. The van der Waals surface area contributed by atoms with Crippen molar-refractivity contribution < 1.29 is 4.79 Å². The fourth-order valence-corrected chi connectivity index (χ4v) is 2.90. The van der Waals surface area contributed by atoms with Crippen LogP contribution in [0.1, 0.15) is 72.0 Å². The monoisotopic (exact) mass is 335 g/mol. The number of nitrogens with zero attached hydrogens (tertiary/aromatic N) is 4. The van der Waals surface area contributed by atoms with Gasteiger partial charge in [-0.25, -0.2) is 4.68 Å². The fourth-order valence-electron chi connectivity index (χ4n) is 2.90. The Morgan fingerprint density at radius 2 is 2.00 bits per heavy atom. The first kappa shape index (κ1) is 18.9. The van der Waals surface area contributed by atoms with Gasteiger partial charge in [-0.2, -0.15) is 0 Å². The van der Waals surface area contributed by atoms with Crippen LogP contribution in [0.4, 0.5) is 0 Å². The minimum atomic E-state index is 0.217. The Bertz CT molecular complexity index is 524. The van der Waals surface area contributed by atoms with E-state index in [4.69, 9.17) is 0 Å². The average molecular weight is 335 g/mol. The number of piperidine rings is 1. The molecular formula is C18H33N5O. The minimum Gasteiger partial charge on any atom is -0.343 e. The Labute approximate surface area is 146 Å². The Hall–Kier alpha value is -1.43. The average Bonchev–Trinajstić information content (AvgIpc) is 2.99. The summed E-state index contributed by atoms with van der Waals surface area (Å²) in [5.41, 5.74) is 1.20. The predicted octanol–water partition coefficient (Wildman–Crippen LogP) is 2.77. The lowest BCUT2D eigenvalue weighted by molar-refractivity contribution is -0.133. The molecule has 1 saturated heterocycles. The lowest BCUT2D eigenvalue weighted by Gasteiger charge is -2.32. The second kappa shape index (κ2) is 8.10. The standard InChI is InChI=1S/C18H33N5O/c1-14(2)19-12-15-13-23(21-20-15)16-7-10-22(11-8-16)17(24)6-9-18(3,4)5/h13-14,16,19H,6-12H2,1-5H3. The van der Waals surface area contributed by atoms with Gasteiger partial charge < -0.3 is 10.2 Å². The molecule has 1 aliphatic rings. The molecule has 0 saturated carbocycles. The second-order valence-electron chi connectivity index (χ2n) is 8.40. The molecule has 1 aromatic heterocycles. The lowest BCUT2D eigenvalue weighted by atomic mass is 9.90. The second-order valence-corrected chi connectivity index (χ2v) is 8.40. The molecule has 0 aliphatic carbocycles. The van der Waals surface area contributed by atoms with Crippen molar-refractivity contribution in [1.29, 1.82) is 0 Å². The van der Waals surface area contributed by atoms with Gasteiger partial charge in [-0.15, -0.1) is 5.10 Å². The highest BCUT2D eigenvalue weighted by Crippen LogP contribution is 2.25. The Morgan fingerprint density at radius 1 is 1.33 bits per heavy atom. The first-order chi connectivity index (χ1) is 11.2. The molecule has 0 unspecified atom stereocenters. The first-order valence-electron chi connectivity index (χ1n) is 9.16. The molecule has 1 amide bonds. The van der Waals surface area contributed by atoms with Gasteiger partial charge in [-0.1, -0.05) is 39.8 Å². The molecule has 24 heavy (non-hydrogen) atoms. The quantitative estimate of drug-likeness (QED) is 0.868. The van der Waals surface area contributed by atoms with E-state index in [1.165, 1.54) is 0 Å². The maximum atomic E-state index is 12.3. The summed E-state index contributed by atoms with van der Waals surface area (Å²) in [4.78, 5) is 14.3. The van der Waals surface area contributed by atoms with Crippen molar-refractivity contribution >= 4 is 5.91 Å².